The van der Waals surface area contributed by atoms with E-state index in [-0.39, 0.29) is 30.8 Å². The summed E-state index contributed by atoms with van der Waals surface area (Å²) in [6.07, 6.45) is 0.235. The molecular weight excluding hydrogens is 270 g/mol. The molecule has 0 saturated heterocycles. The van der Waals surface area contributed by atoms with E-state index in [1.807, 2.05) is 38.1 Å². The SMILES string of the molecule is CCOC(=O)CCC(=O)NC(C)COc1ccc(C)cc1. The normalized spacial score (nSPS) is 11.6. The van der Waals surface area contributed by atoms with Crippen LogP contribution in [0.4, 0.5) is 0 Å². The molecule has 0 aliphatic rings. The molecule has 0 saturated carbocycles. The van der Waals surface area contributed by atoms with Gasteiger partial charge < -0.3 is 14.8 Å². The Bertz CT molecular complexity index is 456. The molecule has 0 radical (unpaired) electrons. The van der Waals surface area contributed by atoms with Crippen LogP contribution < -0.4 is 10.1 Å². The Hall–Kier alpha value is -2.04. The van der Waals surface area contributed by atoms with Gasteiger partial charge in [-0.15, -0.1) is 0 Å². The summed E-state index contributed by atoms with van der Waals surface area (Å²) in [6, 6.07) is 7.60. The predicted molar refractivity (Wildman–Crippen MR) is 80.1 cm³/mol. The second-order valence-corrected chi connectivity index (χ2v) is 4.90. The molecule has 1 unspecified atom stereocenters. The Kier molecular flexibility index (Phi) is 7.29. The number of benzene rings is 1. The number of carbonyl (C=O) groups excluding carboxylic acids is 2. The molecule has 0 spiro atoms. The molecular formula is C16H23NO4. The standard InChI is InChI=1S/C16H23NO4/c1-4-20-16(19)10-9-15(18)17-13(3)11-21-14-7-5-12(2)6-8-14/h5-8,13H,4,9-11H2,1-3H3,(H,17,18). The van der Waals surface area contributed by atoms with Gasteiger partial charge >= 0.3 is 5.97 Å². The summed E-state index contributed by atoms with van der Waals surface area (Å²) in [6.45, 7) is 6.32. The predicted octanol–water partition coefficient (Wildman–Crippen LogP) is 2.22. The molecule has 116 valence electrons. The molecule has 0 bridgehead atoms. The maximum absolute atomic E-state index is 11.6. The first-order valence-electron chi connectivity index (χ1n) is 7.15. The van der Waals surface area contributed by atoms with Gasteiger partial charge in [-0.1, -0.05) is 17.7 Å². The Morgan fingerprint density at radius 2 is 1.86 bits per heavy atom. The molecule has 1 amide bonds. The molecule has 0 aliphatic carbocycles. The summed E-state index contributed by atoms with van der Waals surface area (Å²) in [4.78, 5) is 22.8. The van der Waals surface area contributed by atoms with Gasteiger partial charge in [-0.3, -0.25) is 9.59 Å². The maximum Gasteiger partial charge on any atom is 0.306 e. The van der Waals surface area contributed by atoms with Gasteiger partial charge in [0.1, 0.15) is 12.4 Å². The lowest BCUT2D eigenvalue weighted by atomic mass is 10.2. The molecule has 0 heterocycles. The van der Waals surface area contributed by atoms with E-state index in [2.05, 4.69) is 5.32 Å². The van der Waals surface area contributed by atoms with Crippen molar-refractivity contribution in [1.29, 1.82) is 0 Å². The number of hydrogen-bond donors (Lipinski definition) is 1. The van der Waals surface area contributed by atoms with E-state index in [1.165, 1.54) is 5.56 Å². The van der Waals surface area contributed by atoms with E-state index in [4.69, 9.17) is 9.47 Å². The number of carbonyl (C=O) groups is 2. The molecule has 5 nitrogen and oxygen atoms in total. The van der Waals surface area contributed by atoms with Crippen molar-refractivity contribution in [2.24, 2.45) is 0 Å². The number of hydrogen-bond acceptors (Lipinski definition) is 4. The lowest BCUT2D eigenvalue weighted by Crippen LogP contribution is -2.36. The van der Waals surface area contributed by atoms with Crippen molar-refractivity contribution in [2.45, 2.75) is 39.7 Å². The number of amides is 1. The van der Waals surface area contributed by atoms with Crippen molar-refractivity contribution >= 4 is 11.9 Å². The van der Waals surface area contributed by atoms with Gasteiger partial charge in [0.2, 0.25) is 5.91 Å². The van der Waals surface area contributed by atoms with E-state index >= 15 is 0 Å². The number of nitrogens with one attached hydrogen (secondary N) is 1. The van der Waals surface area contributed by atoms with E-state index in [9.17, 15) is 9.59 Å². The number of aryl methyl sites for hydroxylation is 1. The topological polar surface area (TPSA) is 64.6 Å². The Morgan fingerprint density at radius 3 is 2.48 bits per heavy atom. The summed E-state index contributed by atoms with van der Waals surface area (Å²) in [5.41, 5.74) is 1.17. The van der Waals surface area contributed by atoms with Crippen LogP contribution in [0.3, 0.4) is 0 Å². The van der Waals surface area contributed by atoms with Gasteiger partial charge in [0.25, 0.3) is 0 Å². The minimum Gasteiger partial charge on any atom is -0.491 e. The quantitative estimate of drug-likeness (QED) is 0.746. The zero-order chi connectivity index (χ0) is 15.7. The lowest BCUT2D eigenvalue weighted by Gasteiger charge is -2.15. The molecule has 1 aromatic carbocycles. The van der Waals surface area contributed by atoms with Gasteiger partial charge in [-0.25, -0.2) is 0 Å². The lowest BCUT2D eigenvalue weighted by molar-refractivity contribution is -0.144. The Labute approximate surface area is 125 Å². The van der Waals surface area contributed by atoms with Crippen molar-refractivity contribution in [2.75, 3.05) is 13.2 Å². The molecule has 0 aliphatic heterocycles. The van der Waals surface area contributed by atoms with E-state index in [0.29, 0.717) is 13.2 Å². The minimum absolute atomic E-state index is 0.102. The first-order valence-corrected chi connectivity index (χ1v) is 7.15. The average molecular weight is 293 g/mol. The second kappa shape index (κ2) is 9.00. The van der Waals surface area contributed by atoms with Crippen LogP contribution in [0.2, 0.25) is 0 Å². The smallest absolute Gasteiger partial charge is 0.306 e. The highest BCUT2D eigenvalue weighted by Crippen LogP contribution is 2.11. The second-order valence-electron chi connectivity index (χ2n) is 4.90. The fraction of sp³-hybridized carbons (Fsp3) is 0.500. The van der Waals surface area contributed by atoms with Crippen molar-refractivity contribution in [1.82, 2.24) is 5.32 Å². The Morgan fingerprint density at radius 1 is 1.19 bits per heavy atom. The third-order valence-electron chi connectivity index (χ3n) is 2.79. The van der Waals surface area contributed by atoms with Crippen LogP contribution in [0.15, 0.2) is 24.3 Å². The van der Waals surface area contributed by atoms with E-state index in [0.717, 1.165) is 5.75 Å². The van der Waals surface area contributed by atoms with Gasteiger partial charge in [-0.05, 0) is 32.9 Å². The van der Waals surface area contributed by atoms with Gasteiger partial charge in [0.05, 0.1) is 19.1 Å². The molecule has 0 aromatic heterocycles. The van der Waals surface area contributed by atoms with Crippen LogP contribution in [0.5, 0.6) is 5.75 Å². The highest BCUT2D eigenvalue weighted by molar-refractivity contribution is 5.81. The molecule has 1 atom stereocenters. The van der Waals surface area contributed by atoms with Crippen LogP contribution in [0.1, 0.15) is 32.3 Å². The van der Waals surface area contributed by atoms with E-state index < -0.39 is 0 Å². The van der Waals surface area contributed by atoms with Gasteiger partial charge in [0, 0.05) is 6.42 Å². The summed E-state index contributed by atoms with van der Waals surface area (Å²) in [7, 11) is 0. The number of ether oxygens (including phenoxy) is 2. The highest BCUT2D eigenvalue weighted by Gasteiger charge is 2.11. The fourth-order valence-corrected chi connectivity index (χ4v) is 1.69. The Balaban J connectivity index is 2.23. The van der Waals surface area contributed by atoms with Crippen LogP contribution in [0, 0.1) is 6.92 Å². The molecule has 0 fully saturated rings. The number of esters is 1. The fourth-order valence-electron chi connectivity index (χ4n) is 1.69. The van der Waals surface area contributed by atoms with Crippen molar-refractivity contribution in [3.8, 4) is 5.75 Å². The zero-order valence-electron chi connectivity index (χ0n) is 12.8. The van der Waals surface area contributed by atoms with E-state index in [1.54, 1.807) is 6.92 Å². The molecule has 21 heavy (non-hydrogen) atoms. The van der Waals surface area contributed by atoms with Crippen molar-refractivity contribution in [3.63, 3.8) is 0 Å². The minimum atomic E-state index is -0.351. The molecule has 1 aromatic rings. The summed E-state index contributed by atoms with van der Waals surface area (Å²) in [5, 5.41) is 2.79. The molecule has 1 N–H and O–H groups in total. The number of rotatable bonds is 8. The highest BCUT2D eigenvalue weighted by atomic mass is 16.5. The monoisotopic (exact) mass is 293 g/mol. The van der Waals surface area contributed by atoms with Crippen LogP contribution in [0.25, 0.3) is 0 Å². The molecule has 1 rings (SSSR count). The summed E-state index contributed by atoms with van der Waals surface area (Å²) >= 11 is 0. The average Bonchev–Trinajstić information content (AvgIpc) is 2.45. The summed E-state index contributed by atoms with van der Waals surface area (Å²) in [5.74, 6) is 0.243. The molecule has 5 heteroatoms. The van der Waals surface area contributed by atoms with Gasteiger partial charge in [-0.2, -0.15) is 0 Å². The van der Waals surface area contributed by atoms with Crippen molar-refractivity contribution in [3.05, 3.63) is 29.8 Å². The third-order valence-corrected chi connectivity index (χ3v) is 2.79. The van der Waals surface area contributed by atoms with Crippen LogP contribution in [-0.4, -0.2) is 31.1 Å². The van der Waals surface area contributed by atoms with Crippen LogP contribution >= 0.6 is 0 Å². The van der Waals surface area contributed by atoms with Crippen LogP contribution in [-0.2, 0) is 14.3 Å². The first kappa shape index (κ1) is 17.0. The van der Waals surface area contributed by atoms with Crippen molar-refractivity contribution < 1.29 is 19.1 Å². The van der Waals surface area contributed by atoms with Gasteiger partial charge in [0.15, 0.2) is 0 Å². The largest absolute Gasteiger partial charge is 0.491 e. The first-order chi connectivity index (χ1) is 10.0. The zero-order valence-corrected chi connectivity index (χ0v) is 12.8. The maximum atomic E-state index is 11.6. The summed E-state index contributed by atoms with van der Waals surface area (Å²) < 4.78 is 10.4. The third kappa shape index (κ3) is 7.34.